The fourth-order valence-corrected chi connectivity index (χ4v) is 3.90. The molecule has 1 aromatic carbocycles. The van der Waals surface area contributed by atoms with E-state index < -0.39 is 0 Å². The topological polar surface area (TPSA) is 72.9 Å². The van der Waals surface area contributed by atoms with E-state index in [9.17, 15) is 9.18 Å². The fourth-order valence-electron chi connectivity index (χ4n) is 3.19. The summed E-state index contributed by atoms with van der Waals surface area (Å²) >= 11 is 1.35. The highest BCUT2D eigenvalue weighted by atomic mass is 32.1. The molecular formula is C20H27FN6OS. The number of thiazole rings is 1. The van der Waals surface area contributed by atoms with Gasteiger partial charge in [0, 0.05) is 45.0 Å². The maximum absolute atomic E-state index is 13.1. The summed E-state index contributed by atoms with van der Waals surface area (Å²) in [5, 5.41) is 6.22. The molecule has 2 N–H and O–H groups in total. The molecule has 0 unspecified atom stereocenters. The first-order chi connectivity index (χ1) is 14.1. The Morgan fingerprint density at radius 2 is 1.93 bits per heavy atom. The minimum Gasteiger partial charge on any atom is -0.368 e. The van der Waals surface area contributed by atoms with Crippen molar-refractivity contribution in [1.29, 1.82) is 0 Å². The predicted octanol–water partition coefficient (Wildman–Crippen LogP) is 2.11. The Labute approximate surface area is 174 Å². The Morgan fingerprint density at radius 3 is 2.55 bits per heavy atom. The molecule has 0 bridgehead atoms. The number of piperazine rings is 1. The highest BCUT2D eigenvalue weighted by Gasteiger charge is 2.20. The van der Waals surface area contributed by atoms with Crippen LogP contribution in [0, 0.1) is 12.7 Å². The summed E-state index contributed by atoms with van der Waals surface area (Å²) < 4.78 is 13.1. The molecule has 156 valence electrons. The SMILES string of the molecule is CCNC(=NCCNC(=O)c1scnc1C)N1CCN(c2ccc(F)cc2)CC1. The standard InChI is InChI=1S/C20H27FN6OS/c1-3-22-20(24-9-8-23-19(28)18-15(2)25-14-29-18)27-12-10-26(11-13-27)17-6-4-16(21)5-7-17/h4-7,14H,3,8-13H2,1-2H3,(H,22,24)(H,23,28). The molecule has 0 radical (unpaired) electrons. The van der Waals surface area contributed by atoms with Gasteiger partial charge in [-0.15, -0.1) is 11.3 Å². The Kier molecular flexibility index (Phi) is 7.40. The minimum atomic E-state index is -0.216. The molecule has 0 atom stereocenters. The van der Waals surface area contributed by atoms with Crippen molar-refractivity contribution in [3.05, 3.63) is 46.2 Å². The number of rotatable bonds is 6. The number of benzene rings is 1. The molecule has 1 aliphatic heterocycles. The highest BCUT2D eigenvalue weighted by Crippen LogP contribution is 2.17. The number of amides is 1. The first-order valence-corrected chi connectivity index (χ1v) is 10.7. The first kappa shape index (κ1) is 21.0. The van der Waals surface area contributed by atoms with Gasteiger partial charge in [0.25, 0.3) is 5.91 Å². The number of guanidine groups is 1. The lowest BCUT2D eigenvalue weighted by Gasteiger charge is -2.37. The van der Waals surface area contributed by atoms with Gasteiger partial charge < -0.3 is 20.4 Å². The second-order valence-electron chi connectivity index (χ2n) is 6.71. The first-order valence-electron chi connectivity index (χ1n) is 9.80. The number of nitrogens with zero attached hydrogens (tertiary/aromatic N) is 4. The lowest BCUT2D eigenvalue weighted by Crippen LogP contribution is -2.52. The molecular weight excluding hydrogens is 391 g/mol. The van der Waals surface area contributed by atoms with Gasteiger partial charge in [0.2, 0.25) is 0 Å². The van der Waals surface area contributed by atoms with Gasteiger partial charge in [-0.25, -0.2) is 9.37 Å². The third-order valence-corrected chi connectivity index (χ3v) is 5.64. The molecule has 1 saturated heterocycles. The summed E-state index contributed by atoms with van der Waals surface area (Å²) in [5.41, 5.74) is 3.47. The van der Waals surface area contributed by atoms with Crippen molar-refractivity contribution in [3.63, 3.8) is 0 Å². The zero-order valence-electron chi connectivity index (χ0n) is 16.8. The van der Waals surface area contributed by atoms with Crippen LogP contribution in [0.5, 0.6) is 0 Å². The third kappa shape index (κ3) is 5.66. The Hall–Kier alpha value is -2.68. The van der Waals surface area contributed by atoms with E-state index in [1.54, 1.807) is 5.51 Å². The molecule has 1 amide bonds. The van der Waals surface area contributed by atoms with Gasteiger partial charge in [-0.05, 0) is 38.1 Å². The van der Waals surface area contributed by atoms with E-state index in [4.69, 9.17) is 0 Å². The third-order valence-electron chi connectivity index (χ3n) is 4.72. The number of carbonyl (C=O) groups is 1. The Bertz CT molecular complexity index is 830. The van der Waals surface area contributed by atoms with Crippen LogP contribution >= 0.6 is 11.3 Å². The van der Waals surface area contributed by atoms with Crippen LogP contribution in [0.1, 0.15) is 22.3 Å². The number of aromatic nitrogens is 1. The summed E-state index contributed by atoms with van der Waals surface area (Å²) in [4.78, 5) is 26.0. The molecule has 1 aliphatic rings. The molecule has 0 saturated carbocycles. The van der Waals surface area contributed by atoms with Crippen molar-refractivity contribution in [2.75, 3.05) is 50.7 Å². The fraction of sp³-hybridized carbons (Fsp3) is 0.450. The molecule has 2 heterocycles. The van der Waals surface area contributed by atoms with Crippen LogP contribution < -0.4 is 15.5 Å². The van der Waals surface area contributed by atoms with E-state index in [0.29, 0.717) is 18.0 Å². The van der Waals surface area contributed by atoms with E-state index in [0.717, 1.165) is 50.1 Å². The van der Waals surface area contributed by atoms with E-state index in [1.165, 1.54) is 23.5 Å². The molecule has 9 heteroatoms. The van der Waals surface area contributed by atoms with Crippen LogP contribution in [0.25, 0.3) is 0 Å². The molecule has 1 aromatic heterocycles. The van der Waals surface area contributed by atoms with Crippen LogP contribution in [0.2, 0.25) is 0 Å². The van der Waals surface area contributed by atoms with Crippen molar-refractivity contribution in [3.8, 4) is 0 Å². The number of aliphatic imine (C=N–C) groups is 1. The quantitative estimate of drug-likeness (QED) is 0.427. The maximum Gasteiger partial charge on any atom is 0.263 e. The molecule has 0 aliphatic carbocycles. The van der Waals surface area contributed by atoms with Gasteiger partial charge in [0.05, 0.1) is 17.7 Å². The molecule has 0 spiro atoms. The van der Waals surface area contributed by atoms with E-state index in [-0.39, 0.29) is 11.7 Å². The molecule has 2 aromatic rings. The minimum absolute atomic E-state index is 0.0990. The van der Waals surface area contributed by atoms with Gasteiger partial charge in [-0.3, -0.25) is 9.79 Å². The van der Waals surface area contributed by atoms with E-state index >= 15 is 0 Å². The number of nitrogens with one attached hydrogen (secondary N) is 2. The number of halogens is 1. The van der Waals surface area contributed by atoms with E-state index in [2.05, 4.69) is 30.4 Å². The van der Waals surface area contributed by atoms with Gasteiger partial charge >= 0.3 is 0 Å². The van der Waals surface area contributed by atoms with Crippen LogP contribution in [0.15, 0.2) is 34.8 Å². The second kappa shape index (κ2) is 10.2. The number of carbonyl (C=O) groups excluding carboxylic acids is 1. The van der Waals surface area contributed by atoms with Crippen molar-refractivity contribution < 1.29 is 9.18 Å². The highest BCUT2D eigenvalue weighted by molar-refractivity contribution is 7.11. The normalized spacial score (nSPS) is 14.8. The smallest absolute Gasteiger partial charge is 0.263 e. The summed E-state index contributed by atoms with van der Waals surface area (Å²) in [6.07, 6.45) is 0. The van der Waals surface area contributed by atoms with E-state index in [1.807, 2.05) is 26.0 Å². The van der Waals surface area contributed by atoms with Gasteiger partial charge in [-0.1, -0.05) is 0 Å². The number of hydrogen-bond acceptors (Lipinski definition) is 5. The van der Waals surface area contributed by atoms with Gasteiger partial charge in [-0.2, -0.15) is 0 Å². The summed E-state index contributed by atoms with van der Waals surface area (Å²) in [7, 11) is 0. The average Bonchev–Trinajstić information content (AvgIpc) is 3.17. The van der Waals surface area contributed by atoms with Crippen LogP contribution in [0.4, 0.5) is 10.1 Å². The second-order valence-corrected chi connectivity index (χ2v) is 7.56. The zero-order chi connectivity index (χ0) is 20.6. The number of aryl methyl sites for hydroxylation is 1. The predicted molar refractivity (Wildman–Crippen MR) is 115 cm³/mol. The largest absolute Gasteiger partial charge is 0.368 e. The Balaban J connectivity index is 1.49. The van der Waals surface area contributed by atoms with Crippen molar-refractivity contribution in [2.24, 2.45) is 4.99 Å². The molecule has 7 nitrogen and oxygen atoms in total. The Morgan fingerprint density at radius 1 is 1.21 bits per heavy atom. The van der Waals surface area contributed by atoms with Crippen LogP contribution in [0.3, 0.4) is 0 Å². The summed E-state index contributed by atoms with van der Waals surface area (Å²) in [6, 6.07) is 6.63. The number of hydrogen-bond donors (Lipinski definition) is 2. The molecule has 1 fully saturated rings. The van der Waals surface area contributed by atoms with Crippen LogP contribution in [-0.2, 0) is 0 Å². The maximum atomic E-state index is 13.1. The lowest BCUT2D eigenvalue weighted by molar-refractivity contribution is 0.0958. The van der Waals surface area contributed by atoms with Gasteiger partial charge in [0.15, 0.2) is 5.96 Å². The van der Waals surface area contributed by atoms with Crippen molar-refractivity contribution in [1.82, 2.24) is 20.5 Å². The lowest BCUT2D eigenvalue weighted by atomic mass is 10.2. The van der Waals surface area contributed by atoms with Crippen LogP contribution in [-0.4, -0.2) is 67.6 Å². The zero-order valence-corrected chi connectivity index (χ0v) is 17.6. The summed E-state index contributed by atoms with van der Waals surface area (Å²) in [5.74, 6) is 0.541. The molecule has 3 rings (SSSR count). The van der Waals surface area contributed by atoms with Gasteiger partial charge in [0.1, 0.15) is 10.7 Å². The monoisotopic (exact) mass is 418 g/mol. The average molecular weight is 419 g/mol. The number of anilines is 1. The van der Waals surface area contributed by atoms with Crippen molar-refractivity contribution >= 4 is 28.9 Å². The van der Waals surface area contributed by atoms with Crippen molar-refractivity contribution in [2.45, 2.75) is 13.8 Å². The molecule has 29 heavy (non-hydrogen) atoms. The summed E-state index contributed by atoms with van der Waals surface area (Å²) in [6.45, 7) is 8.98.